The highest BCUT2D eigenvalue weighted by atomic mass is 16.5. The van der Waals surface area contributed by atoms with E-state index in [2.05, 4.69) is 15.9 Å². The van der Waals surface area contributed by atoms with Crippen LogP contribution < -0.4 is 0 Å². The first-order chi connectivity index (χ1) is 7.41. The van der Waals surface area contributed by atoms with E-state index >= 15 is 0 Å². The van der Waals surface area contributed by atoms with E-state index < -0.39 is 0 Å². The molecule has 0 aromatic rings. The van der Waals surface area contributed by atoms with Gasteiger partial charge in [0, 0.05) is 11.5 Å². The third kappa shape index (κ3) is 12.8. The molecule has 0 N–H and O–H groups in total. The van der Waals surface area contributed by atoms with Crippen molar-refractivity contribution in [2.75, 3.05) is 46.2 Å². The van der Waals surface area contributed by atoms with E-state index in [1.807, 2.05) is 0 Å². The topological polar surface area (TPSA) is 76.5 Å². The quantitative estimate of drug-likeness (QED) is 0.178. The van der Waals surface area contributed by atoms with Crippen LogP contribution in [0.25, 0.3) is 10.4 Å². The Morgan fingerprint density at radius 3 is 2.27 bits per heavy atom. The van der Waals surface area contributed by atoms with Crippen LogP contribution in [0.4, 0.5) is 0 Å². The zero-order chi connectivity index (χ0) is 11.2. The lowest BCUT2D eigenvalue weighted by molar-refractivity contribution is 0.0220. The van der Waals surface area contributed by atoms with Crippen LogP contribution in [-0.2, 0) is 14.2 Å². The van der Waals surface area contributed by atoms with Crippen molar-refractivity contribution in [1.82, 2.24) is 0 Å². The van der Waals surface area contributed by atoms with E-state index in [0.717, 1.165) is 0 Å². The zero-order valence-electron chi connectivity index (χ0n) is 8.59. The van der Waals surface area contributed by atoms with E-state index in [9.17, 15) is 0 Å². The van der Waals surface area contributed by atoms with Crippen molar-refractivity contribution in [2.45, 2.75) is 0 Å². The molecule has 0 aromatic carbocycles. The van der Waals surface area contributed by atoms with E-state index in [1.165, 1.54) is 0 Å². The molecule has 0 heterocycles. The molecule has 0 amide bonds. The predicted octanol–water partition coefficient (Wildman–Crippen LogP) is 0.980. The Morgan fingerprint density at radius 1 is 1.07 bits per heavy atom. The molecule has 0 saturated heterocycles. The lowest BCUT2D eigenvalue weighted by Gasteiger charge is -2.04. The average molecular weight is 213 g/mol. The second kappa shape index (κ2) is 12.8. The highest BCUT2D eigenvalue weighted by Crippen LogP contribution is 1.81. The van der Waals surface area contributed by atoms with Gasteiger partial charge in [0.25, 0.3) is 0 Å². The molecule has 6 heteroatoms. The van der Waals surface area contributed by atoms with Gasteiger partial charge in [0.2, 0.25) is 0 Å². The molecule has 0 unspecified atom stereocenters. The minimum absolute atomic E-state index is 0.312. The predicted molar refractivity (Wildman–Crippen MR) is 55.3 cm³/mol. The Bertz CT molecular complexity index is 221. The van der Waals surface area contributed by atoms with Gasteiger partial charge in [-0.05, 0) is 5.53 Å². The number of terminal acetylenes is 1. The number of azide groups is 1. The van der Waals surface area contributed by atoms with Crippen molar-refractivity contribution in [1.29, 1.82) is 0 Å². The highest BCUT2D eigenvalue weighted by Gasteiger charge is 1.89. The summed E-state index contributed by atoms with van der Waals surface area (Å²) in [4.78, 5) is 2.59. The van der Waals surface area contributed by atoms with Crippen molar-refractivity contribution < 1.29 is 14.2 Å². The van der Waals surface area contributed by atoms with E-state index in [4.69, 9.17) is 26.2 Å². The van der Waals surface area contributed by atoms with Gasteiger partial charge in [-0.2, -0.15) is 0 Å². The number of ether oxygens (including phenoxy) is 3. The number of hydrogen-bond donors (Lipinski definition) is 0. The third-order valence-electron chi connectivity index (χ3n) is 1.33. The zero-order valence-corrected chi connectivity index (χ0v) is 8.59. The molecule has 0 aliphatic rings. The van der Waals surface area contributed by atoms with Crippen LogP contribution in [0, 0.1) is 12.3 Å². The van der Waals surface area contributed by atoms with Gasteiger partial charge in [-0.25, -0.2) is 0 Å². The molecular formula is C9H15N3O3. The normalized spacial score (nSPS) is 9.27. The highest BCUT2D eigenvalue weighted by molar-refractivity contribution is 4.82. The molecule has 0 aromatic heterocycles. The van der Waals surface area contributed by atoms with Crippen molar-refractivity contribution in [3.8, 4) is 12.3 Å². The van der Waals surface area contributed by atoms with Gasteiger partial charge in [-0.1, -0.05) is 11.0 Å². The summed E-state index contributed by atoms with van der Waals surface area (Å²) in [6.07, 6.45) is 4.98. The van der Waals surface area contributed by atoms with Crippen LogP contribution in [0.3, 0.4) is 0 Å². The fraction of sp³-hybridized carbons (Fsp3) is 0.778. The fourth-order valence-corrected chi connectivity index (χ4v) is 0.721. The molecular weight excluding hydrogens is 198 g/mol. The summed E-state index contributed by atoms with van der Waals surface area (Å²) in [5.74, 6) is 2.36. The molecule has 0 rings (SSSR count). The molecule has 0 fully saturated rings. The van der Waals surface area contributed by atoms with Crippen molar-refractivity contribution in [3.05, 3.63) is 10.4 Å². The Labute approximate surface area is 89.1 Å². The number of rotatable bonds is 10. The monoisotopic (exact) mass is 213 g/mol. The molecule has 0 aliphatic heterocycles. The Hall–Kier alpha value is -1.25. The summed E-state index contributed by atoms with van der Waals surface area (Å²) < 4.78 is 15.3. The summed E-state index contributed by atoms with van der Waals surface area (Å²) in [5, 5.41) is 3.32. The van der Waals surface area contributed by atoms with Crippen LogP contribution in [0.1, 0.15) is 0 Å². The molecule has 0 radical (unpaired) electrons. The first-order valence-electron chi connectivity index (χ1n) is 4.59. The summed E-state index contributed by atoms with van der Waals surface area (Å²) in [5.41, 5.74) is 7.96. The van der Waals surface area contributed by atoms with E-state index in [1.54, 1.807) is 0 Å². The third-order valence-corrected chi connectivity index (χ3v) is 1.33. The first kappa shape index (κ1) is 13.8. The number of hydrogen-bond acceptors (Lipinski definition) is 4. The maximum Gasteiger partial charge on any atom is 0.107 e. The van der Waals surface area contributed by atoms with Crippen LogP contribution in [-0.4, -0.2) is 46.2 Å². The van der Waals surface area contributed by atoms with Gasteiger partial charge < -0.3 is 14.2 Å². The second-order valence-electron chi connectivity index (χ2n) is 2.44. The summed E-state index contributed by atoms with van der Waals surface area (Å²) in [6, 6.07) is 0. The van der Waals surface area contributed by atoms with Crippen LogP contribution in [0.2, 0.25) is 0 Å². The fourth-order valence-electron chi connectivity index (χ4n) is 0.721. The van der Waals surface area contributed by atoms with Crippen molar-refractivity contribution in [3.63, 3.8) is 0 Å². The number of nitrogens with zero attached hydrogens (tertiary/aromatic N) is 3. The van der Waals surface area contributed by atoms with Gasteiger partial charge in [0.15, 0.2) is 0 Å². The molecule has 0 saturated carbocycles. The summed E-state index contributed by atoms with van der Waals surface area (Å²) >= 11 is 0. The minimum Gasteiger partial charge on any atom is -0.379 e. The van der Waals surface area contributed by atoms with Gasteiger partial charge in [0.05, 0.1) is 33.0 Å². The Kier molecular flexibility index (Phi) is 11.7. The second-order valence-corrected chi connectivity index (χ2v) is 2.44. The van der Waals surface area contributed by atoms with Crippen LogP contribution in [0.5, 0.6) is 0 Å². The van der Waals surface area contributed by atoms with Gasteiger partial charge in [-0.15, -0.1) is 6.42 Å². The lowest BCUT2D eigenvalue weighted by Crippen LogP contribution is -2.10. The van der Waals surface area contributed by atoms with Gasteiger partial charge in [-0.3, -0.25) is 0 Å². The summed E-state index contributed by atoms with van der Waals surface area (Å²) in [7, 11) is 0. The average Bonchev–Trinajstić information content (AvgIpc) is 2.26. The van der Waals surface area contributed by atoms with Crippen LogP contribution >= 0.6 is 0 Å². The summed E-state index contributed by atoms with van der Waals surface area (Å²) in [6.45, 7) is 3.05. The van der Waals surface area contributed by atoms with Gasteiger partial charge >= 0.3 is 0 Å². The molecule has 0 bridgehead atoms. The van der Waals surface area contributed by atoms with E-state index in [-0.39, 0.29) is 0 Å². The maximum atomic E-state index is 7.96. The first-order valence-corrected chi connectivity index (χ1v) is 4.59. The molecule has 15 heavy (non-hydrogen) atoms. The minimum atomic E-state index is 0.312. The molecule has 0 spiro atoms. The Balaban J connectivity index is 2.93. The Morgan fingerprint density at radius 2 is 1.67 bits per heavy atom. The largest absolute Gasteiger partial charge is 0.379 e. The van der Waals surface area contributed by atoms with Crippen LogP contribution in [0.15, 0.2) is 5.11 Å². The van der Waals surface area contributed by atoms with Gasteiger partial charge in [0.1, 0.15) is 6.61 Å². The lowest BCUT2D eigenvalue weighted by atomic mass is 10.7. The smallest absolute Gasteiger partial charge is 0.107 e. The molecule has 6 nitrogen and oxygen atoms in total. The molecule has 0 atom stereocenters. The standard InChI is InChI=1S/C9H15N3O3/c1-2-4-13-6-8-15-9-7-14-5-3-11-12-10/h1H,3-9H2. The molecule has 0 aliphatic carbocycles. The van der Waals surface area contributed by atoms with E-state index in [0.29, 0.717) is 46.2 Å². The molecule has 84 valence electrons. The van der Waals surface area contributed by atoms with Crippen molar-refractivity contribution in [2.24, 2.45) is 5.11 Å². The SMILES string of the molecule is C#CCOCCOCCOCCN=[N+]=[N-]. The van der Waals surface area contributed by atoms with Crippen molar-refractivity contribution >= 4 is 0 Å². The maximum absolute atomic E-state index is 7.96.